The topological polar surface area (TPSA) is 28.2 Å². The Bertz CT molecular complexity index is 364. The second kappa shape index (κ2) is 5.50. The van der Waals surface area contributed by atoms with Crippen LogP contribution in [-0.4, -0.2) is 24.1 Å². The van der Waals surface area contributed by atoms with Crippen molar-refractivity contribution in [2.45, 2.75) is 45.7 Å². The molecule has 1 aromatic heterocycles. The Morgan fingerprint density at radius 1 is 1.59 bits per heavy atom. The Morgan fingerprint density at radius 3 is 3.06 bits per heavy atom. The molecule has 1 aromatic rings. The predicted octanol–water partition coefficient (Wildman–Crippen LogP) is 2.74. The van der Waals surface area contributed by atoms with Gasteiger partial charge in [-0.15, -0.1) is 0 Å². The maximum Gasteiger partial charge on any atom is 0.129 e. The predicted molar refractivity (Wildman–Crippen MR) is 72.4 cm³/mol. The Balaban J connectivity index is 2.16. The number of hydrogen-bond donors (Lipinski definition) is 1. The fraction of sp³-hybridized carbons (Fsp3) is 0.643. The molecule has 0 radical (unpaired) electrons. The van der Waals surface area contributed by atoms with Gasteiger partial charge in [-0.3, -0.25) is 0 Å². The monoisotopic (exact) mass is 233 g/mol. The summed E-state index contributed by atoms with van der Waals surface area (Å²) in [5.41, 5.74) is 1.33. The van der Waals surface area contributed by atoms with Crippen LogP contribution in [0.4, 0.5) is 5.82 Å². The zero-order valence-corrected chi connectivity index (χ0v) is 11.1. The van der Waals surface area contributed by atoms with Crippen LogP contribution < -0.4 is 10.2 Å². The molecule has 2 heterocycles. The van der Waals surface area contributed by atoms with Gasteiger partial charge in [-0.2, -0.15) is 0 Å². The van der Waals surface area contributed by atoms with Crippen LogP contribution in [0.3, 0.4) is 0 Å². The molecule has 3 heteroatoms. The average Bonchev–Trinajstić information content (AvgIpc) is 2.76. The SMILES string of the molecule is CCNC(C)c1ccnc(N2CCCC2C)c1. The number of rotatable bonds is 4. The third-order valence-electron chi connectivity index (χ3n) is 3.63. The van der Waals surface area contributed by atoms with Crippen LogP contribution in [0.5, 0.6) is 0 Å². The number of aromatic nitrogens is 1. The summed E-state index contributed by atoms with van der Waals surface area (Å²) in [6.07, 6.45) is 4.51. The Hall–Kier alpha value is -1.09. The maximum absolute atomic E-state index is 4.51. The van der Waals surface area contributed by atoms with Crippen LogP contribution in [0.2, 0.25) is 0 Å². The number of nitrogens with one attached hydrogen (secondary N) is 1. The van der Waals surface area contributed by atoms with Gasteiger partial charge in [0.15, 0.2) is 0 Å². The molecule has 1 N–H and O–H groups in total. The number of nitrogens with zero attached hydrogens (tertiary/aromatic N) is 2. The standard InChI is InChI=1S/C14H23N3/c1-4-15-12(3)13-7-8-16-14(10-13)17-9-5-6-11(17)2/h7-8,10-12,15H,4-6,9H2,1-3H3. The molecule has 94 valence electrons. The highest BCUT2D eigenvalue weighted by Crippen LogP contribution is 2.25. The van der Waals surface area contributed by atoms with Gasteiger partial charge in [-0.25, -0.2) is 4.98 Å². The molecule has 1 aliphatic heterocycles. The lowest BCUT2D eigenvalue weighted by Gasteiger charge is -2.23. The van der Waals surface area contributed by atoms with Crippen LogP contribution in [0.25, 0.3) is 0 Å². The summed E-state index contributed by atoms with van der Waals surface area (Å²) in [4.78, 5) is 6.93. The minimum atomic E-state index is 0.402. The van der Waals surface area contributed by atoms with Crippen molar-refractivity contribution in [3.05, 3.63) is 23.9 Å². The summed E-state index contributed by atoms with van der Waals surface area (Å²) in [6, 6.07) is 5.37. The van der Waals surface area contributed by atoms with E-state index in [4.69, 9.17) is 0 Å². The van der Waals surface area contributed by atoms with Gasteiger partial charge in [0.1, 0.15) is 5.82 Å². The smallest absolute Gasteiger partial charge is 0.129 e. The first-order chi connectivity index (χ1) is 8.22. The fourth-order valence-corrected chi connectivity index (χ4v) is 2.56. The van der Waals surface area contributed by atoms with Crippen molar-refractivity contribution in [2.75, 3.05) is 18.0 Å². The van der Waals surface area contributed by atoms with E-state index in [0.717, 1.165) is 18.9 Å². The lowest BCUT2D eigenvalue weighted by Crippen LogP contribution is -2.27. The van der Waals surface area contributed by atoms with Crippen LogP contribution in [0, 0.1) is 0 Å². The molecule has 0 spiro atoms. The van der Waals surface area contributed by atoms with Crippen LogP contribution >= 0.6 is 0 Å². The number of pyridine rings is 1. The zero-order chi connectivity index (χ0) is 12.3. The minimum Gasteiger partial charge on any atom is -0.354 e. The molecular formula is C14H23N3. The molecule has 2 rings (SSSR count). The molecule has 0 saturated carbocycles. The number of hydrogen-bond acceptors (Lipinski definition) is 3. The van der Waals surface area contributed by atoms with Crippen molar-refractivity contribution >= 4 is 5.82 Å². The van der Waals surface area contributed by atoms with E-state index >= 15 is 0 Å². The van der Waals surface area contributed by atoms with Gasteiger partial charge >= 0.3 is 0 Å². The molecule has 2 unspecified atom stereocenters. The molecule has 0 aliphatic carbocycles. The minimum absolute atomic E-state index is 0.402. The van der Waals surface area contributed by atoms with E-state index < -0.39 is 0 Å². The molecule has 2 atom stereocenters. The first kappa shape index (κ1) is 12.4. The Morgan fingerprint density at radius 2 is 2.41 bits per heavy atom. The second-order valence-corrected chi connectivity index (χ2v) is 4.91. The molecule has 1 fully saturated rings. The largest absolute Gasteiger partial charge is 0.354 e. The molecule has 3 nitrogen and oxygen atoms in total. The van der Waals surface area contributed by atoms with Crippen molar-refractivity contribution < 1.29 is 0 Å². The quantitative estimate of drug-likeness (QED) is 0.866. The first-order valence-electron chi connectivity index (χ1n) is 6.68. The van der Waals surface area contributed by atoms with Crippen molar-refractivity contribution in [3.63, 3.8) is 0 Å². The normalized spacial score (nSPS) is 21.8. The third-order valence-corrected chi connectivity index (χ3v) is 3.63. The van der Waals surface area contributed by atoms with Crippen molar-refractivity contribution in [1.82, 2.24) is 10.3 Å². The molecule has 0 bridgehead atoms. The summed E-state index contributed by atoms with van der Waals surface area (Å²) < 4.78 is 0. The molecule has 17 heavy (non-hydrogen) atoms. The molecule has 1 saturated heterocycles. The lowest BCUT2D eigenvalue weighted by atomic mass is 10.1. The van der Waals surface area contributed by atoms with E-state index in [1.807, 2.05) is 6.20 Å². The highest BCUT2D eigenvalue weighted by molar-refractivity contribution is 5.43. The van der Waals surface area contributed by atoms with E-state index in [9.17, 15) is 0 Å². The Labute approximate surface area is 104 Å². The van der Waals surface area contributed by atoms with Gasteiger partial charge in [-0.1, -0.05) is 6.92 Å². The van der Waals surface area contributed by atoms with Crippen LogP contribution in [0.15, 0.2) is 18.3 Å². The Kier molecular flexibility index (Phi) is 4.00. The molecule has 0 aromatic carbocycles. The molecule has 0 amide bonds. The van der Waals surface area contributed by atoms with E-state index in [-0.39, 0.29) is 0 Å². The highest BCUT2D eigenvalue weighted by atomic mass is 15.2. The van der Waals surface area contributed by atoms with Crippen molar-refractivity contribution in [2.24, 2.45) is 0 Å². The van der Waals surface area contributed by atoms with Crippen LogP contribution in [0.1, 0.15) is 45.2 Å². The molecule has 1 aliphatic rings. The maximum atomic E-state index is 4.51. The van der Waals surface area contributed by atoms with Gasteiger partial charge in [-0.05, 0) is 50.9 Å². The number of anilines is 1. The summed E-state index contributed by atoms with van der Waals surface area (Å²) >= 11 is 0. The second-order valence-electron chi connectivity index (χ2n) is 4.91. The van der Waals surface area contributed by atoms with Gasteiger partial charge in [0.2, 0.25) is 0 Å². The summed E-state index contributed by atoms with van der Waals surface area (Å²) in [5, 5.41) is 3.44. The van der Waals surface area contributed by atoms with E-state index in [1.54, 1.807) is 0 Å². The van der Waals surface area contributed by atoms with Crippen molar-refractivity contribution in [1.29, 1.82) is 0 Å². The van der Waals surface area contributed by atoms with Gasteiger partial charge in [0, 0.05) is 24.8 Å². The van der Waals surface area contributed by atoms with Crippen LogP contribution in [-0.2, 0) is 0 Å². The highest BCUT2D eigenvalue weighted by Gasteiger charge is 2.21. The summed E-state index contributed by atoms with van der Waals surface area (Å²) in [7, 11) is 0. The van der Waals surface area contributed by atoms with Gasteiger partial charge in [0.05, 0.1) is 0 Å². The average molecular weight is 233 g/mol. The van der Waals surface area contributed by atoms with E-state index in [1.165, 1.54) is 18.4 Å². The van der Waals surface area contributed by atoms with E-state index in [2.05, 4.69) is 48.1 Å². The van der Waals surface area contributed by atoms with E-state index in [0.29, 0.717) is 12.1 Å². The first-order valence-corrected chi connectivity index (χ1v) is 6.68. The van der Waals surface area contributed by atoms with Gasteiger partial charge in [0.25, 0.3) is 0 Å². The van der Waals surface area contributed by atoms with Gasteiger partial charge < -0.3 is 10.2 Å². The lowest BCUT2D eigenvalue weighted by molar-refractivity contribution is 0.597. The summed E-state index contributed by atoms with van der Waals surface area (Å²) in [5.74, 6) is 1.14. The molecular weight excluding hydrogens is 210 g/mol. The van der Waals surface area contributed by atoms with Crippen molar-refractivity contribution in [3.8, 4) is 0 Å². The fourth-order valence-electron chi connectivity index (χ4n) is 2.56. The summed E-state index contributed by atoms with van der Waals surface area (Å²) in [6.45, 7) is 8.78. The zero-order valence-electron chi connectivity index (χ0n) is 11.1. The third kappa shape index (κ3) is 2.78.